The molecule has 12 heterocycles. The fraction of sp³-hybridized carbons (Fsp3) is 0.380. The van der Waals surface area contributed by atoms with E-state index in [9.17, 15) is 37.4 Å². The molecule has 4 fully saturated rings. The Hall–Kier alpha value is -9.80. The van der Waals surface area contributed by atoms with Crippen LogP contribution in [0.1, 0.15) is 83.5 Å². The van der Waals surface area contributed by atoms with E-state index in [1.54, 1.807) is 25.4 Å². The highest BCUT2D eigenvalue weighted by Gasteiger charge is 2.39. The van der Waals surface area contributed by atoms with Crippen molar-refractivity contribution in [2.24, 2.45) is 0 Å². The van der Waals surface area contributed by atoms with Crippen LogP contribution < -0.4 is 49.9 Å². The molecule has 16 rings (SSSR count). The summed E-state index contributed by atoms with van der Waals surface area (Å²) in [5.41, 5.74) is 29.0. The number of fused-ring (bicyclic) bond motifs is 4. The van der Waals surface area contributed by atoms with Crippen molar-refractivity contribution in [2.75, 3.05) is 108 Å². The van der Waals surface area contributed by atoms with Crippen LogP contribution in [0, 0.1) is 13.8 Å². The predicted molar refractivity (Wildman–Crippen MR) is 431 cm³/mol. The second-order valence-corrected chi connectivity index (χ2v) is 35.6. The van der Waals surface area contributed by atoms with Gasteiger partial charge in [0.05, 0.1) is 110 Å². The van der Waals surface area contributed by atoms with Gasteiger partial charge in [-0.2, -0.15) is 19.9 Å². The lowest BCUT2D eigenvalue weighted by atomic mass is 10.1. The summed E-state index contributed by atoms with van der Waals surface area (Å²) >= 11 is 3.40. The van der Waals surface area contributed by atoms with Crippen molar-refractivity contribution < 1.29 is 78.1 Å². The average Bonchev–Trinajstić information content (AvgIpc) is 1.67. The van der Waals surface area contributed by atoms with Crippen molar-refractivity contribution in [2.45, 2.75) is 90.1 Å². The number of aryl methyl sites for hydroxylation is 2. The molecule has 0 saturated carbocycles. The molecule has 8 atom stereocenters. The highest BCUT2D eigenvalue weighted by molar-refractivity contribution is 9.10. The van der Waals surface area contributed by atoms with Crippen LogP contribution in [0.15, 0.2) is 146 Å². The van der Waals surface area contributed by atoms with Gasteiger partial charge in [0.25, 0.3) is 22.2 Å². The quantitative estimate of drug-likeness (QED) is 0.0195. The molecule has 41 nitrogen and oxygen atoms in total. The van der Waals surface area contributed by atoms with Crippen LogP contribution in [0.4, 0.5) is 23.8 Å². The second kappa shape index (κ2) is 38.3. The summed E-state index contributed by atoms with van der Waals surface area (Å²) in [6, 6.07) is 31.0. The van der Waals surface area contributed by atoms with Crippen LogP contribution >= 0.6 is 46.3 Å². The number of nitrogens with one attached hydrogen (secondary N) is 4. The highest BCUT2D eigenvalue weighted by atomic mass is 79.9. The number of halogens is 1. The molecule has 0 aliphatic carbocycles. The molecule has 4 aromatic carbocycles. The number of hydrogen-bond donors (Lipinski definition) is 8. The molecule has 12 N–H and O–H groups in total. The molecule has 12 aromatic rings. The van der Waals surface area contributed by atoms with E-state index in [1.807, 2.05) is 111 Å². The number of rotatable bonds is 25. The lowest BCUT2D eigenvalue weighted by molar-refractivity contribution is 0.0559. The van der Waals surface area contributed by atoms with Crippen LogP contribution in [0.5, 0.6) is 5.75 Å². The highest BCUT2D eigenvalue weighted by Crippen LogP contribution is 2.59. The van der Waals surface area contributed by atoms with Crippen LogP contribution in [-0.2, 0) is 99.6 Å². The molecule has 8 aromatic heterocycles. The zero-order chi connectivity index (χ0) is 82.4. The summed E-state index contributed by atoms with van der Waals surface area (Å²) in [5.74, 6) is 0.787. The fourth-order valence-corrected chi connectivity index (χ4v) is 18.9. The first-order valence-corrected chi connectivity index (χ1v) is 44.3. The zero-order valence-electron chi connectivity index (χ0n) is 63.4. The van der Waals surface area contributed by atoms with Crippen molar-refractivity contribution in [3.05, 3.63) is 202 Å². The molecule has 117 heavy (non-hydrogen) atoms. The Morgan fingerprint density at radius 2 is 0.632 bits per heavy atom. The van der Waals surface area contributed by atoms with E-state index in [-0.39, 0.29) is 122 Å². The number of anilines is 4. The maximum Gasteiger partial charge on any atom is 0.356 e. The topological polar surface area (TPSA) is 547 Å². The number of benzene rings is 4. The van der Waals surface area contributed by atoms with Crippen LogP contribution in [0.25, 0.3) is 44.7 Å². The molecule has 4 aliphatic heterocycles. The number of aromatic amines is 4. The summed E-state index contributed by atoms with van der Waals surface area (Å²) in [6.45, 7) is 7.59. The smallest absolute Gasteiger partial charge is 0.356 e. The Bertz CT molecular complexity index is 5470. The summed E-state index contributed by atoms with van der Waals surface area (Å²) < 4.78 is 131. The maximum absolute atomic E-state index is 12.9. The molecular formula is C71H85BrN20O21P4. The third kappa shape index (κ3) is 22.1. The number of nitrogens with two attached hydrogens (primary N) is 4. The number of nitrogens with zero attached hydrogens (tertiary/aromatic N) is 12. The Balaban J connectivity index is 0.000000135. The van der Waals surface area contributed by atoms with Gasteiger partial charge in [0.1, 0.15) is 31.1 Å². The Labute approximate surface area is 673 Å². The molecule has 46 heteroatoms. The monoisotopic (exact) mass is 1760 g/mol. The molecular weight excluding hydrogens is 1670 g/mol. The number of imidazole rings is 4. The van der Waals surface area contributed by atoms with Crippen LogP contribution in [0.3, 0.4) is 0 Å². The molecule has 0 amide bonds. The standard InChI is InChI=1S/C18H22N5O6P.2C18H22N5O5P.C17H19BrN5O5P/c1-26-13-4-2-12(3-5-13)14-6-8-28-30(25,29-14)11-27-9-7-23-10-20-15-16(23)21-18(19)22-17(15)24;2*1-12-2-4-13(5-3-12)14-6-8-27-29(25,28-14)11-26-9-7-23-10-20-15-16(23)21-18(19)22-17(15)24;18-12-3-1-11(2-4-12)13-5-7-27-29(25,28-13)10-26-8-6-23-9-20-14-15(23)21-17(19)22-16(14)24/h2-5,10,14H,6-9,11H2,1H3,(H3,19,21,22,24);2*2-5,10,14H,6-9,11H2,1H3,(H3,19,21,22,24);1-4,9,13H,5-8,10H2,(H3,19,21,22,24). The average molecular weight is 1760 g/mol. The number of aromatic nitrogens is 16. The second-order valence-electron chi connectivity index (χ2n) is 26.8. The van der Waals surface area contributed by atoms with Crippen LogP contribution in [0.2, 0.25) is 0 Å². The minimum atomic E-state index is -3.39. The molecule has 4 aliphatic rings. The van der Waals surface area contributed by atoms with Gasteiger partial charge in [-0.15, -0.1) is 0 Å². The Morgan fingerprint density at radius 1 is 0.393 bits per heavy atom. The van der Waals surface area contributed by atoms with E-state index >= 15 is 0 Å². The van der Waals surface area contributed by atoms with Crippen molar-refractivity contribution in [3.63, 3.8) is 0 Å². The first kappa shape index (κ1) is 85.1. The summed E-state index contributed by atoms with van der Waals surface area (Å²) in [6.07, 6.45) is 6.56. The molecule has 0 spiro atoms. The van der Waals surface area contributed by atoms with Crippen molar-refractivity contribution in [1.82, 2.24) is 78.1 Å². The first-order chi connectivity index (χ1) is 56.3. The van der Waals surface area contributed by atoms with E-state index in [4.69, 9.17) is 82.8 Å². The predicted octanol–water partition coefficient (Wildman–Crippen LogP) is 9.58. The Morgan fingerprint density at radius 3 is 0.880 bits per heavy atom. The minimum absolute atomic E-state index is 0.00758. The van der Waals surface area contributed by atoms with E-state index in [2.05, 4.69) is 75.7 Å². The summed E-state index contributed by atoms with van der Waals surface area (Å²) in [7, 11) is -11.9. The largest absolute Gasteiger partial charge is 0.497 e. The van der Waals surface area contributed by atoms with Crippen LogP contribution in [-0.4, -0.2) is 163 Å². The van der Waals surface area contributed by atoms with E-state index in [0.717, 1.165) is 43.6 Å². The number of methoxy groups -OCH3 is 1. The van der Waals surface area contributed by atoms with Gasteiger partial charge in [0.15, 0.2) is 44.7 Å². The Kier molecular flexibility index (Phi) is 27.8. The summed E-state index contributed by atoms with van der Waals surface area (Å²) in [4.78, 5) is 89.3. The van der Waals surface area contributed by atoms with E-state index in [0.29, 0.717) is 101 Å². The molecule has 4 saturated heterocycles. The lowest BCUT2D eigenvalue weighted by Crippen LogP contribution is -2.17. The maximum atomic E-state index is 12.9. The van der Waals surface area contributed by atoms with Gasteiger partial charge in [-0.3, -0.25) is 75.5 Å². The molecule has 0 radical (unpaired) electrons. The first-order valence-electron chi connectivity index (χ1n) is 36.6. The third-order valence-electron chi connectivity index (χ3n) is 18.3. The van der Waals surface area contributed by atoms with Gasteiger partial charge in [-0.05, 0) is 60.4 Å². The normalized spacial score (nSPS) is 22.1. The minimum Gasteiger partial charge on any atom is -0.497 e. The van der Waals surface area contributed by atoms with Gasteiger partial charge in [0.2, 0.25) is 23.8 Å². The van der Waals surface area contributed by atoms with Gasteiger partial charge >= 0.3 is 30.4 Å². The number of nitrogen functional groups attached to an aromatic ring is 4. The van der Waals surface area contributed by atoms with Gasteiger partial charge < -0.3 is 83.0 Å². The van der Waals surface area contributed by atoms with Crippen molar-refractivity contribution >= 4 is 115 Å². The fourth-order valence-electron chi connectivity index (χ4n) is 12.4. The van der Waals surface area contributed by atoms with Crippen molar-refractivity contribution in [1.29, 1.82) is 0 Å². The third-order valence-corrected chi connectivity index (χ3v) is 25.5. The summed E-state index contributed by atoms with van der Waals surface area (Å²) in [5, 5.41) is 0. The number of H-pyrrole nitrogens is 4. The zero-order valence-corrected chi connectivity index (χ0v) is 68.6. The van der Waals surface area contributed by atoms with Gasteiger partial charge in [-0.25, -0.2) is 19.9 Å². The molecule has 622 valence electrons. The number of ether oxygens (including phenoxy) is 5. The van der Waals surface area contributed by atoms with Crippen molar-refractivity contribution in [3.8, 4) is 5.75 Å². The molecule has 8 unspecified atom stereocenters. The van der Waals surface area contributed by atoms with E-state index in [1.165, 1.54) is 25.3 Å². The van der Waals surface area contributed by atoms with E-state index < -0.39 is 52.6 Å². The molecule has 0 bridgehead atoms. The lowest BCUT2D eigenvalue weighted by Gasteiger charge is -2.30. The van der Waals surface area contributed by atoms with Gasteiger partial charge in [0, 0.05) is 56.3 Å². The number of hydrogen-bond acceptors (Lipinski definition) is 33. The SMILES string of the molecule is COc1ccc(C2CCOP(=O)(COCCn3cnc4c(=O)[nH]c(N)nc43)O2)cc1.Cc1ccc(C2CCOP(=O)(COCCn3cnc4c(=O)[nH]c(N)nc43)O2)cc1.Cc1ccc(C2CCOP(=O)(COCCn3cnc4c(=O)[nH]c(N)nc43)O2)cc1.Nc1nc2c(ncn2CCOCP2(=O)OCCC(c3ccc(Br)cc3)O2)c(=O)[nH]1. The van der Waals surface area contributed by atoms with Gasteiger partial charge in [-0.1, -0.05) is 99.9 Å².